The van der Waals surface area contributed by atoms with Crippen LogP contribution in [0.15, 0.2) is 18.2 Å². The highest BCUT2D eigenvalue weighted by Gasteiger charge is 2.28. The largest absolute Gasteiger partial charge is 0.318 e. The molecule has 0 fully saturated rings. The van der Waals surface area contributed by atoms with E-state index in [0.29, 0.717) is 5.69 Å². The van der Waals surface area contributed by atoms with Crippen LogP contribution in [0.1, 0.15) is 11.6 Å². The Balaban J connectivity index is 2.45. The van der Waals surface area contributed by atoms with E-state index in [4.69, 9.17) is 0 Å². The van der Waals surface area contributed by atoms with E-state index in [-0.39, 0.29) is 11.7 Å². The number of hydrogen-bond acceptors (Lipinski definition) is 5. The van der Waals surface area contributed by atoms with Crippen molar-refractivity contribution >= 4 is 17.7 Å². The van der Waals surface area contributed by atoms with Gasteiger partial charge in [-0.2, -0.15) is 0 Å². The molecule has 0 radical (unpaired) electrons. The second-order valence-electron chi connectivity index (χ2n) is 3.33. The lowest BCUT2D eigenvalue weighted by Gasteiger charge is -2.12. The summed E-state index contributed by atoms with van der Waals surface area (Å²) < 4.78 is 0. The Hall–Kier alpha value is -1.95. The van der Waals surface area contributed by atoms with Crippen molar-refractivity contribution in [3.63, 3.8) is 0 Å². The summed E-state index contributed by atoms with van der Waals surface area (Å²) in [5.41, 5.74) is 4.28. The fourth-order valence-corrected chi connectivity index (χ4v) is 1.65. The molecule has 0 aliphatic carbocycles. The number of nitro groups is 1. The number of benzene rings is 1. The standard InChI is InChI=1S/C9H9N3O3/c1-11-9(5-13)7-3-2-6(12(14)15)4-8(7)10-11/h2-5,9-10H,1H3. The number of rotatable bonds is 2. The maximum atomic E-state index is 10.8. The fraction of sp³-hybridized carbons (Fsp3) is 0.222. The highest BCUT2D eigenvalue weighted by Crippen LogP contribution is 2.34. The predicted octanol–water partition coefficient (Wildman–Crippen LogP) is 1.11. The Labute approximate surface area is 85.6 Å². The smallest absolute Gasteiger partial charge is 0.271 e. The van der Waals surface area contributed by atoms with E-state index in [1.54, 1.807) is 18.1 Å². The van der Waals surface area contributed by atoms with Gasteiger partial charge in [0.2, 0.25) is 0 Å². The van der Waals surface area contributed by atoms with E-state index in [9.17, 15) is 14.9 Å². The van der Waals surface area contributed by atoms with Crippen molar-refractivity contribution in [2.45, 2.75) is 6.04 Å². The molecule has 1 atom stereocenters. The SMILES string of the molecule is CN1Nc2cc([N+](=O)[O-])ccc2C1C=O. The first-order valence-electron chi connectivity index (χ1n) is 4.36. The number of nitro benzene ring substituents is 1. The summed E-state index contributed by atoms with van der Waals surface area (Å²) in [6, 6.07) is 4.05. The van der Waals surface area contributed by atoms with E-state index >= 15 is 0 Å². The lowest BCUT2D eigenvalue weighted by Crippen LogP contribution is -2.23. The molecule has 15 heavy (non-hydrogen) atoms. The molecule has 1 aliphatic rings. The summed E-state index contributed by atoms with van der Waals surface area (Å²) in [4.78, 5) is 20.8. The quantitative estimate of drug-likeness (QED) is 0.446. The number of likely N-dealkylation sites (N-methyl/N-ethyl adjacent to an activating group) is 1. The molecular formula is C9H9N3O3. The molecule has 1 aromatic carbocycles. The minimum Gasteiger partial charge on any atom is -0.318 e. The van der Waals surface area contributed by atoms with Gasteiger partial charge in [-0.1, -0.05) is 0 Å². The number of hydrogen-bond donors (Lipinski definition) is 1. The van der Waals surface area contributed by atoms with E-state index in [1.807, 2.05) is 0 Å². The third-order valence-corrected chi connectivity index (χ3v) is 2.41. The Morgan fingerprint density at radius 3 is 2.93 bits per heavy atom. The molecule has 0 aromatic heterocycles. The number of aldehydes is 1. The normalized spacial score (nSPS) is 19.4. The van der Waals surface area contributed by atoms with Crippen LogP contribution >= 0.6 is 0 Å². The van der Waals surface area contributed by atoms with Crippen molar-refractivity contribution in [3.05, 3.63) is 33.9 Å². The van der Waals surface area contributed by atoms with Crippen molar-refractivity contribution in [1.29, 1.82) is 0 Å². The first-order valence-corrected chi connectivity index (χ1v) is 4.36. The van der Waals surface area contributed by atoms with Gasteiger partial charge in [-0.3, -0.25) is 10.1 Å². The van der Waals surface area contributed by atoms with Gasteiger partial charge in [0, 0.05) is 24.7 Å². The van der Waals surface area contributed by atoms with Crippen LogP contribution in [0.2, 0.25) is 0 Å². The van der Waals surface area contributed by atoms with Crippen LogP contribution in [0.3, 0.4) is 0 Å². The van der Waals surface area contributed by atoms with Crippen molar-refractivity contribution in [2.75, 3.05) is 12.5 Å². The van der Waals surface area contributed by atoms with Gasteiger partial charge >= 0.3 is 0 Å². The third kappa shape index (κ3) is 1.44. The van der Waals surface area contributed by atoms with E-state index < -0.39 is 4.92 Å². The summed E-state index contributed by atoms with van der Waals surface area (Å²) >= 11 is 0. The second kappa shape index (κ2) is 3.32. The minimum absolute atomic E-state index is 0.0150. The van der Waals surface area contributed by atoms with Gasteiger partial charge in [0.1, 0.15) is 12.3 Å². The van der Waals surface area contributed by atoms with Gasteiger partial charge < -0.3 is 10.2 Å². The average molecular weight is 207 g/mol. The van der Waals surface area contributed by atoms with Gasteiger partial charge in [0.05, 0.1) is 10.6 Å². The highest BCUT2D eigenvalue weighted by atomic mass is 16.6. The van der Waals surface area contributed by atoms with Crippen LogP contribution in [0.25, 0.3) is 0 Å². The molecule has 0 saturated carbocycles. The Morgan fingerprint density at radius 1 is 1.60 bits per heavy atom. The van der Waals surface area contributed by atoms with Crippen molar-refractivity contribution in [2.24, 2.45) is 0 Å². The molecule has 6 nitrogen and oxygen atoms in total. The number of anilines is 1. The van der Waals surface area contributed by atoms with Gasteiger partial charge in [-0.15, -0.1) is 0 Å². The molecule has 1 heterocycles. The number of carbonyl (C=O) groups is 1. The topological polar surface area (TPSA) is 75.5 Å². The number of non-ortho nitro benzene ring substituents is 1. The number of carbonyl (C=O) groups excluding carboxylic acids is 1. The number of fused-ring (bicyclic) bond motifs is 1. The van der Waals surface area contributed by atoms with Crippen LogP contribution in [0.5, 0.6) is 0 Å². The van der Waals surface area contributed by atoms with Gasteiger partial charge in [-0.25, -0.2) is 5.01 Å². The Morgan fingerprint density at radius 2 is 2.33 bits per heavy atom. The first kappa shape index (κ1) is 9.60. The summed E-state index contributed by atoms with van der Waals surface area (Å²) in [6.07, 6.45) is 0.796. The molecule has 6 heteroatoms. The van der Waals surface area contributed by atoms with E-state index in [0.717, 1.165) is 11.8 Å². The van der Waals surface area contributed by atoms with Crippen molar-refractivity contribution in [3.8, 4) is 0 Å². The average Bonchev–Trinajstić information content (AvgIpc) is 2.51. The van der Waals surface area contributed by atoms with Crippen LogP contribution in [0.4, 0.5) is 11.4 Å². The van der Waals surface area contributed by atoms with Crippen LogP contribution in [-0.2, 0) is 4.79 Å². The van der Waals surface area contributed by atoms with Gasteiger partial charge in [0.15, 0.2) is 0 Å². The molecule has 1 N–H and O–H groups in total. The monoisotopic (exact) mass is 207 g/mol. The Kier molecular flexibility index (Phi) is 2.12. The molecule has 0 saturated heterocycles. The zero-order valence-corrected chi connectivity index (χ0v) is 8.01. The first-order chi connectivity index (χ1) is 7.13. The van der Waals surface area contributed by atoms with E-state index in [1.165, 1.54) is 12.1 Å². The molecule has 2 rings (SSSR count). The summed E-state index contributed by atoms with van der Waals surface area (Å²) in [7, 11) is 1.71. The second-order valence-corrected chi connectivity index (χ2v) is 3.33. The maximum absolute atomic E-state index is 10.8. The predicted molar refractivity (Wildman–Crippen MR) is 53.3 cm³/mol. The van der Waals surface area contributed by atoms with E-state index in [2.05, 4.69) is 5.43 Å². The lowest BCUT2D eigenvalue weighted by molar-refractivity contribution is -0.384. The maximum Gasteiger partial charge on any atom is 0.271 e. The third-order valence-electron chi connectivity index (χ3n) is 2.41. The number of nitrogens with zero attached hydrogens (tertiary/aromatic N) is 2. The summed E-state index contributed by atoms with van der Waals surface area (Å²) in [5.74, 6) is 0. The molecule has 1 unspecified atom stereocenters. The number of hydrazine groups is 1. The van der Waals surface area contributed by atoms with Crippen molar-refractivity contribution in [1.82, 2.24) is 5.01 Å². The zero-order valence-electron chi connectivity index (χ0n) is 8.01. The fourth-order valence-electron chi connectivity index (χ4n) is 1.65. The molecule has 0 spiro atoms. The van der Waals surface area contributed by atoms with Gasteiger partial charge in [-0.05, 0) is 6.07 Å². The molecule has 1 aromatic rings. The molecule has 0 bridgehead atoms. The molecular weight excluding hydrogens is 198 g/mol. The summed E-state index contributed by atoms with van der Waals surface area (Å²) in [6.45, 7) is 0. The lowest BCUT2D eigenvalue weighted by atomic mass is 10.1. The van der Waals surface area contributed by atoms with Crippen LogP contribution in [-0.4, -0.2) is 23.3 Å². The molecule has 78 valence electrons. The minimum atomic E-state index is -0.462. The van der Waals surface area contributed by atoms with Crippen LogP contribution in [0, 0.1) is 10.1 Å². The summed E-state index contributed by atoms with van der Waals surface area (Å²) in [5, 5.41) is 12.1. The zero-order chi connectivity index (χ0) is 11.0. The van der Waals surface area contributed by atoms with Crippen LogP contribution < -0.4 is 5.43 Å². The van der Waals surface area contributed by atoms with Crippen molar-refractivity contribution < 1.29 is 9.72 Å². The molecule has 1 aliphatic heterocycles. The molecule has 0 amide bonds. The number of nitrogens with one attached hydrogen (secondary N) is 1. The van der Waals surface area contributed by atoms with Gasteiger partial charge in [0.25, 0.3) is 5.69 Å². The highest BCUT2D eigenvalue weighted by molar-refractivity contribution is 5.72. The Bertz CT molecular complexity index is 433.